The first-order chi connectivity index (χ1) is 12.7. The molecule has 5 nitrogen and oxygen atoms in total. The Balaban J connectivity index is 1.36. The molecule has 0 fully saturated rings. The van der Waals surface area contributed by atoms with Gasteiger partial charge < -0.3 is 10.6 Å². The van der Waals surface area contributed by atoms with Crippen molar-refractivity contribution in [3.8, 4) is 0 Å². The molecule has 2 N–H and O–H groups in total. The lowest BCUT2D eigenvalue weighted by atomic mass is 10.1. The molecule has 0 radical (unpaired) electrons. The van der Waals surface area contributed by atoms with Crippen molar-refractivity contribution in [2.24, 2.45) is 0 Å². The van der Waals surface area contributed by atoms with E-state index in [0.29, 0.717) is 11.3 Å². The molecule has 2 aromatic carbocycles. The van der Waals surface area contributed by atoms with Crippen LogP contribution in [0.5, 0.6) is 0 Å². The normalized spacial score (nSPS) is 12.6. The van der Waals surface area contributed by atoms with Crippen molar-refractivity contribution in [1.29, 1.82) is 0 Å². The van der Waals surface area contributed by atoms with Crippen molar-refractivity contribution in [3.05, 3.63) is 71.4 Å². The smallest absolute Gasteiger partial charge is 0.251 e. The van der Waals surface area contributed by atoms with E-state index in [1.54, 1.807) is 12.3 Å². The molecule has 0 bridgehead atoms. The van der Waals surface area contributed by atoms with E-state index in [2.05, 4.69) is 15.6 Å². The van der Waals surface area contributed by atoms with Crippen molar-refractivity contribution < 1.29 is 9.59 Å². The maximum Gasteiger partial charge on any atom is 0.251 e. The van der Waals surface area contributed by atoms with Crippen LogP contribution in [0.1, 0.15) is 27.9 Å². The fourth-order valence-corrected chi connectivity index (χ4v) is 3.33. The highest BCUT2D eigenvalue weighted by molar-refractivity contribution is 6.00. The molecule has 1 aliphatic rings. The second-order valence-corrected chi connectivity index (χ2v) is 6.48. The highest BCUT2D eigenvalue weighted by Gasteiger charge is 2.14. The number of hydrogen-bond donors (Lipinski definition) is 2. The second kappa shape index (κ2) is 6.96. The lowest BCUT2D eigenvalue weighted by Gasteiger charge is -2.09. The molecule has 2 amide bonds. The van der Waals surface area contributed by atoms with Crippen molar-refractivity contribution >= 4 is 28.4 Å². The van der Waals surface area contributed by atoms with Crippen LogP contribution in [0.2, 0.25) is 0 Å². The highest BCUT2D eigenvalue weighted by Crippen LogP contribution is 2.22. The lowest BCUT2D eigenvalue weighted by molar-refractivity contribution is -0.115. The molecule has 3 aromatic rings. The van der Waals surface area contributed by atoms with E-state index in [1.165, 1.54) is 11.1 Å². The first kappa shape index (κ1) is 16.3. The summed E-state index contributed by atoms with van der Waals surface area (Å²) in [6, 6.07) is 15.1. The van der Waals surface area contributed by atoms with Gasteiger partial charge in [0.15, 0.2) is 0 Å². The minimum absolute atomic E-state index is 0.0685. The minimum Gasteiger partial charge on any atom is -0.343 e. The van der Waals surface area contributed by atoms with Crippen LogP contribution >= 0.6 is 0 Å². The topological polar surface area (TPSA) is 71.1 Å². The average Bonchev–Trinajstić information content (AvgIpc) is 3.14. The van der Waals surface area contributed by atoms with E-state index >= 15 is 0 Å². The Morgan fingerprint density at radius 3 is 2.81 bits per heavy atom. The summed E-state index contributed by atoms with van der Waals surface area (Å²) in [6.07, 6.45) is 4.98. The van der Waals surface area contributed by atoms with Gasteiger partial charge in [0.05, 0.1) is 12.1 Å². The van der Waals surface area contributed by atoms with E-state index in [4.69, 9.17) is 0 Å². The molecule has 4 rings (SSSR count). The summed E-state index contributed by atoms with van der Waals surface area (Å²) in [5, 5.41) is 6.44. The molecule has 0 aliphatic heterocycles. The Morgan fingerprint density at radius 2 is 1.88 bits per heavy atom. The Labute approximate surface area is 151 Å². The van der Waals surface area contributed by atoms with Crippen LogP contribution < -0.4 is 10.6 Å². The number of pyridine rings is 1. The Hall–Kier alpha value is -3.21. The Morgan fingerprint density at radius 1 is 1.00 bits per heavy atom. The summed E-state index contributed by atoms with van der Waals surface area (Å²) < 4.78 is 0. The number of carbonyl (C=O) groups excluding carboxylic acids is 2. The van der Waals surface area contributed by atoms with Gasteiger partial charge in [0, 0.05) is 22.8 Å². The molecule has 130 valence electrons. The van der Waals surface area contributed by atoms with Crippen LogP contribution in [0, 0.1) is 0 Å². The third-order valence-electron chi connectivity index (χ3n) is 4.66. The maximum atomic E-state index is 12.3. The van der Waals surface area contributed by atoms with Gasteiger partial charge in [-0.15, -0.1) is 0 Å². The summed E-state index contributed by atoms with van der Waals surface area (Å²) in [7, 11) is 0. The number of fused-ring (bicyclic) bond motifs is 2. The zero-order valence-electron chi connectivity index (χ0n) is 14.3. The second-order valence-electron chi connectivity index (χ2n) is 6.48. The highest BCUT2D eigenvalue weighted by atomic mass is 16.2. The van der Waals surface area contributed by atoms with E-state index in [1.807, 2.05) is 42.5 Å². The molecular formula is C21H19N3O2. The average molecular weight is 345 g/mol. The number of benzene rings is 2. The number of hydrogen-bond acceptors (Lipinski definition) is 3. The van der Waals surface area contributed by atoms with Crippen LogP contribution in [0.15, 0.2) is 54.7 Å². The van der Waals surface area contributed by atoms with Gasteiger partial charge in [-0.25, -0.2) is 0 Å². The maximum absolute atomic E-state index is 12.3. The van der Waals surface area contributed by atoms with Crippen molar-refractivity contribution in [2.75, 3.05) is 11.9 Å². The van der Waals surface area contributed by atoms with Gasteiger partial charge in [0.25, 0.3) is 5.91 Å². The van der Waals surface area contributed by atoms with Crippen molar-refractivity contribution in [3.63, 3.8) is 0 Å². The fraction of sp³-hybridized carbons (Fsp3) is 0.190. The number of aryl methyl sites for hydroxylation is 2. The van der Waals surface area contributed by atoms with Gasteiger partial charge in [0.2, 0.25) is 5.91 Å². The van der Waals surface area contributed by atoms with Crippen molar-refractivity contribution in [1.82, 2.24) is 10.3 Å². The number of aromatic nitrogens is 1. The van der Waals surface area contributed by atoms with Crippen LogP contribution in [-0.4, -0.2) is 23.3 Å². The summed E-state index contributed by atoms with van der Waals surface area (Å²) in [6.45, 7) is -0.0685. The van der Waals surface area contributed by atoms with Gasteiger partial charge in [-0.3, -0.25) is 14.6 Å². The Kier molecular flexibility index (Phi) is 4.35. The first-order valence-corrected chi connectivity index (χ1v) is 8.74. The number of carbonyl (C=O) groups is 2. The summed E-state index contributed by atoms with van der Waals surface area (Å²) >= 11 is 0. The number of nitrogens with one attached hydrogen (secondary N) is 2. The van der Waals surface area contributed by atoms with E-state index in [0.717, 1.165) is 30.2 Å². The SMILES string of the molecule is O=C(CNC(=O)c1ccc2c(c1)CCC2)Nc1ccc2ncccc2c1. The van der Waals surface area contributed by atoms with Crippen LogP contribution in [-0.2, 0) is 17.6 Å². The Bertz CT molecular complexity index is 997. The molecule has 0 spiro atoms. The molecule has 0 unspecified atom stereocenters. The van der Waals surface area contributed by atoms with E-state index in [-0.39, 0.29) is 18.4 Å². The first-order valence-electron chi connectivity index (χ1n) is 8.74. The van der Waals surface area contributed by atoms with E-state index in [9.17, 15) is 9.59 Å². The zero-order valence-corrected chi connectivity index (χ0v) is 14.3. The fourth-order valence-electron chi connectivity index (χ4n) is 3.33. The molecule has 26 heavy (non-hydrogen) atoms. The molecule has 5 heteroatoms. The van der Waals surface area contributed by atoms with Gasteiger partial charge in [-0.2, -0.15) is 0 Å². The number of amides is 2. The van der Waals surface area contributed by atoms with Gasteiger partial charge in [-0.05, 0) is 66.8 Å². The molecule has 0 saturated heterocycles. The molecule has 0 atom stereocenters. The number of anilines is 1. The predicted molar refractivity (Wildman–Crippen MR) is 101 cm³/mol. The molecule has 1 aromatic heterocycles. The summed E-state index contributed by atoms with van der Waals surface area (Å²) in [5.74, 6) is -0.486. The minimum atomic E-state index is -0.261. The van der Waals surface area contributed by atoms with Gasteiger partial charge in [0.1, 0.15) is 0 Å². The molecule has 0 saturated carbocycles. The largest absolute Gasteiger partial charge is 0.343 e. The molecular weight excluding hydrogens is 326 g/mol. The number of nitrogens with zero attached hydrogens (tertiary/aromatic N) is 1. The summed E-state index contributed by atoms with van der Waals surface area (Å²) in [4.78, 5) is 28.7. The lowest BCUT2D eigenvalue weighted by Crippen LogP contribution is -2.32. The van der Waals surface area contributed by atoms with Gasteiger partial charge >= 0.3 is 0 Å². The molecule has 1 aliphatic carbocycles. The van der Waals surface area contributed by atoms with Crippen LogP contribution in [0.3, 0.4) is 0 Å². The molecule has 1 heterocycles. The third-order valence-corrected chi connectivity index (χ3v) is 4.66. The zero-order chi connectivity index (χ0) is 17.9. The third kappa shape index (κ3) is 3.42. The standard InChI is InChI=1S/C21H19N3O2/c25-20(24-18-8-9-19-16(12-18)5-2-10-22-19)13-23-21(26)17-7-6-14-3-1-4-15(14)11-17/h2,5-12H,1,3-4,13H2,(H,23,26)(H,24,25). The predicted octanol–water partition coefficient (Wildman–Crippen LogP) is 3.09. The monoisotopic (exact) mass is 345 g/mol. The van der Waals surface area contributed by atoms with Crippen LogP contribution in [0.4, 0.5) is 5.69 Å². The number of rotatable bonds is 4. The van der Waals surface area contributed by atoms with E-state index < -0.39 is 0 Å². The summed E-state index contributed by atoms with van der Waals surface area (Å²) in [5.41, 5.74) is 4.73. The van der Waals surface area contributed by atoms with Gasteiger partial charge in [-0.1, -0.05) is 12.1 Å². The quantitative estimate of drug-likeness (QED) is 0.763. The van der Waals surface area contributed by atoms with Crippen LogP contribution in [0.25, 0.3) is 10.9 Å². The van der Waals surface area contributed by atoms with Crippen molar-refractivity contribution in [2.45, 2.75) is 19.3 Å².